The first kappa shape index (κ1) is 13.7. The monoisotopic (exact) mass is 294 g/mol. The number of rotatable bonds is 3. The average Bonchev–Trinajstić information content (AvgIpc) is 2.84. The lowest BCUT2D eigenvalue weighted by atomic mass is 10.1. The van der Waals surface area contributed by atoms with Crippen LogP contribution < -0.4 is 15.6 Å². The van der Waals surface area contributed by atoms with Gasteiger partial charge in [-0.25, -0.2) is 5.01 Å². The highest BCUT2D eigenvalue weighted by atomic mass is 16.3. The summed E-state index contributed by atoms with van der Waals surface area (Å²) in [7, 11) is 0. The number of nitroso groups, excluding NO2 is 1. The van der Waals surface area contributed by atoms with Crippen LogP contribution in [0.4, 0.5) is 11.4 Å². The third-order valence-corrected chi connectivity index (χ3v) is 3.25. The molecule has 0 aliphatic carbocycles. The number of nitrogens with zero attached hydrogens (tertiary/aromatic N) is 1. The zero-order chi connectivity index (χ0) is 15.5. The Bertz CT molecular complexity index is 767. The van der Waals surface area contributed by atoms with E-state index < -0.39 is 11.8 Å². The maximum Gasteiger partial charge on any atom is 0.282 e. The van der Waals surface area contributed by atoms with Gasteiger partial charge in [-0.15, -0.1) is 0 Å². The second-order valence-electron chi connectivity index (χ2n) is 4.70. The van der Waals surface area contributed by atoms with Gasteiger partial charge in [0.25, 0.3) is 17.5 Å². The molecule has 1 heterocycles. The Kier molecular flexibility index (Phi) is 3.49. The molecule has 2 N–H and O–H groups in total. The number of carbonyl (C=O) groups is 2. The number of amides is 2. The van der Waals surface area contributed by atoms with Gasteiger partial charge in [-0.05, 0) is 35.9 Å². The lowest BCUT2D eigenvalue weighted by molar-refractivity contribution is -0.379. The summed E-state index contributed by atoms with van der Waals surface area (Å²) >= 11 is 0. The summed E-state index contributed by atoms with van der Waals surface area (Å²) in [5.41, 5.74) is 4.24. The van der Waals surface area contributed by atoms with Crippen LogP contribution in [0.5, 0.6) is 0 Å². The number of anilines is 1. The van der Waals surface area contributed by atoms with E-state index in [0.29, 0.717) is 16.9 Å². The fourth-order valence-electron chi connectivity index (χ4n) is 2.13. The molecule has 0 saturated carbocycles. The summed E-state index contributed by atoms with van der Waals surface area (Å²) in [6, 6.07) is 15.3. The summed E-state index contributed by atoms with van der Waals surface area (Å²) in [6.45, 7) is 0. The van der Waals surface area contributed by atoms with Crippen LogP contribution in [0.1, 0.15) is 5.56 Å². The van der Waals surface area contributed by atoms with Crippen molar-refractivity contribution in [3.63, 3.8) is 0 Å². The van der Waals surface area contributed by atoms with Gasteiger partial charge in [0.2, 0.25) is 0 Å². The van der Waals surface area contributed by atoms with E-state index in [1.807, 2.05) is 6.07 Å². The molecular formula is C16H12N3O3+. The third kappa shape index (κ3) is 2.49. The highest BCUT2D eigenvalue weighted by molar-refractivity contribution is 6.31. The maximum absolute atomic E-state index is 12.4. The van der Waals surface area contributed by atoms with Crippen LogP contribution in [0.15, 0.2) is 60.2 Å². The molecule has 0 bridgehead atoms. The highest BCUT2D eigenvalue weighted by Crippen LogP contribution is 2.21. The molecule has 0 atom stereocenters. The molecule has 1 aliphatic rings. The van der Waals surface area contributed by atoms with E-state index in [2.05, 4.69) is 5.43 Å². The Morgan fingerprint density at radius 2 is 1.64 bits per heavy atom. The van der Waals surface area contributed by atoms with E-state index >= 15 is 0 Å². The van der Waals surface area contributed by atoms with E-state index in [-0.39, 0.29) is 5.57 Å². The Balaban J connectivity index is 1.90. The standard InChI is InChI=1S/C16H11N3O3/c20-15-14(10-11-6-8-12(18-22)9-7-11)16(21)19(17-15)13-4-2-1-3-5-13/h1-10H,(H,17,20)/p+1/b14-10-. The first-order chi connectivity index (χ1) is 10.7. The SMILES string of the molecule is O=[NH+]c1ccc(/C=C2/C(=O)NN(c3ccccc3)C2=O)cc1. The molecule has 3 rings (SSSR count). The number of hydrogen-bond donors (Lipinski definition) is 2. The molecule has 6 heteroatoms. The molecule has 1 aliphatic heterocycles. The zero-order valence-corrected chi connectivity index (χ0v) is 11.4. The number of carbonyl (C=O) groups excluding carboxylic acids is 2. The van der Waals surface area contributed by atoms with Crippen molar-refractivity contribution in [2.75, 3.05) is 5.01 Å². The molecular weight excluding hydrogens is 282 g/mol. The second kappa shape index (κ2) is 5.61. The highest BCUT2D eigenvalue weighted by Gasteiger charge is 2.34. The van der Waals surface area contributed by atoms with Gasteiger partial charge in [0.05, 0.1) is 5.69 Å². The molecule has 0 aromatic heterocycles. The third-order valence-electron chi connectivity index (χ3n) is 3.25. The molecule has 2 aromatic rings. The van der Waals surface area contributed by atoms with Crippen LogP contribution in [0.3, 0.4) is 0 Å². The van der Waals surface area contributed by atoms with Crippen molar-refractivity contribution in [2.24, 2.45) is 0 Å². The van der Waals surface area contributed by atoms with Crippen molar-refractivity contribution >= 4 is 29.3 Å². The van der Waals surface area contributed by atoms with Crippen LogP contribution in [0.2, 0.25) is 0 Å². The van der Waals surface area contributed by atoms with Crippen LogP contribution in [-0.4, -0.2) is 11.8 Å². The lowest BCUT2D eigenvalue weighted by Gasteiger charge is -2.13. The van der Waals surface area contributed by atoms with Gasteiger partial charge in [-0.3, -0.25) is 15.0 Å². The minimum atomic E-state index is -0.458. The Hall–Kier alpha value is -3.28. The van der Waals surface area contributed by atoms with E-state index in [4.69, 9.17) is 0 Å². The quantitative estimate of drug-likeness (QED) is 0.643. The second-order valence-corrected chi connectivity index (χ2v) is 4.70. The molecule has 108 valence electrons. The Morgan fingerprint density at radius 1 is 0.955 bits per heavy atom. The molecule has 6 nitrogen and oxygen atoms in total. The van der Waals surface area contributed by atoms with Crippen LogP contribution in [0.25, 0.3) is 6.08 Å². The zero-order valence-electron chi connectivity index (χ0n) is 11.4. The van der Waals surface area contributed by atoms with Crippen LogP contribution in [0, 0.1) is 4.91 Å². The van der Waals surface area contributed by atoms with Gasteiger partial charge in [0, 0.05) is 22.2 Å². The summed E-state index contributed by atoms with van der Waals surface area (Å²) in [6.07, 6.45) is 1.50. The number of para-hydroxylation sites is 1. The minimum Gasteiger partial charge on any atom is -0.267 e. The number of benzene rings is 2. The largest absolute Gasteiger partial charge is 0.282 e. The number of hydrogen-bond acceptors (Lipinski definition) is 3. The van der Waals surface area contributed by atoms with Crippen molar-refractivity contribution in [2.45, 2.75) is 0 Å². The molecule has 0 unspecified atom stereocenters. The van der Waals surface area contributed by atoms with Gasteiger partial charge < -0.3 is 0 Å². The van der Waals surface area contributed by atoms with Crippen LogP contribution in [-0.2, 0) is 9.59 Å². The first-order valence-corrected chi connectivity index (χ1v) is 6.59. The maximum atomic E-state index is 12.4. The average molecular weight is 294 g/mol. The predicted molar refractivity (Wildman–Crippen MR) is 80.5 cm³/mol. The normalized spacial score (nSPS) is 16.0. The lowest BCUT2D eigenvalue weighted by Crippen LogP contribution is -2.55. The van der Waals surface area contributed by atoms with Crippen molar-refractivity contribution in [1.82, 2.24) is 5.43 Å². The summed E-state index contributed by atoms with van der Waals surface area (Å²) in [5, 5.41) is 2.98. The van der Waals surface area contributed by atoms with E-state index in [1.54, 1.807) is 53.7 Å². The van der Waals surface area contributed by atoms with E-state index in [1.165, 1.54) is 11.1 Å². The summed E-state index contributed by atoms with van der Waals surface area (Å²) in [5.74, 6) is -0.873. The summed E-state index contributed by atoms with van der Waals surface area (Å²) < 4.78 is 0. The van der Waals surface area contributed by atoms with Crippen molar-refractivity contribution in [3.05, 3.63) is 70.6 Å². The van der Waals surface area contributed by atoms with Gasteiger partial charge in [-0.2, -0.15) is 0 Å². The van der Waals surface area contributed by atoms with Crippen molar-refractivity contribution in [1.29, 1.82) is 0 Å². The Morgan fingerprint density at radius 3 is 2.27 bits per heavy atom. The van der Waals surface area contributed by atoms with Crippen molar-refractivity contribution in [3.8, 4) is 0 Å². The van der Waals surface area contributed by atoms with Crippen molar-refractivity contribution < 1.29 is 14.8 Å². The topological polar surface area (TPSA) is 80.5 Å². The molecule has 1 fully saturated rings. The van der Waals surface area contributed by atoms with Gasteiger partial charge in [-0.1, -0.05) is 18.2 Å². The fourth-order valence-corrected chi connectivity index (χ4v) is 2.13. The molecule has 0 radical (unpaired) electrons. The number of nitrogens with one attached hydrogen (secondary N) is 2. The fraction of sp³-hybridized carbons (Fsp3) is 0. The molecule has 2 aromatic carbocycles. The molecule has 2 amide bonds. The van der Waals surface area contributed by atoms with Gasteiger partial charge in [0.1, 0.15) is 5.57 Å². The van der Waals surface area contributed by atoms with E-state index in [0.717, 1.165) is 0 Å². The van der Waals surface area contributed by atoms with E-state index in [9.17, 15) is 14.5 Å². The first-order valence-electron chi connectivity index (χ1n) is 6.59. The Labute approximate surface area is 126 Å². The summed E-state index contributed by atoms with van der Waals surface area (Å²) in [4.78, 5) is 34.8. The molecule has 22 heavy (non-hydrogen) atoms. The number of hydrazine groups is 1. The minimum absolute atomic E-state index is 0.0479. The molecule has 1 saturated heterocycles. The van der Waals surface area contributed by atoms with Crippen LogP contribution >= 0.6 is 0 Å². The van der Waals surface area contributed by atoms with Gasteiger partial charge in [0.15, 0.2) is 0 Å². The smallest absolute Gasteiger partial charge is 0.267 e. The van der Waals surface area contributed by atoms with Gasteiger partial charge >= 0.3 is 0 Å². The predicted octanol–water partition coefficient (Wildman–Crippen LogP) is 0.626. The molecule has 0 spiro atoms.